The van der Waals surface area contributed by atoms with Crippen molar-refractivity contribution in [3.05, 3.63) is 58.4 Å². The molecule has 30 heavy (non-hydrogen) atoms. The quantitative estimate of drug-likeness (QED) is 0.603. The monoisotopic (exact) mass is 429 g/mol. The molecule has 158 valence electrons. The highest BCUT2D eigenvalue weighted by molar-refractivity contribution is 6.31. The fourth-order valence-corrected chi connectivity index (χ4v) is 4.54. The highest BCUT2D eigenvalue weighted by atomic mass is 35.5. The lowest BCUT2D eigenvalue weighted by Crippen LogP contribution is -2.47. The van der Waals surface area contributed by atoms with E-state index in [0.717, 1.165) is 25.0 Å². The molecule has 0 aliphatic heterocycles. The predicted octanol–water partition coefficient (Wildman–Crippen LogP) is 4.69. The van der Waals surface area contributed by atoms with Crippen LogP contribution >= 0.6 is 11.6 Å². The smallest absolute Gasteiger partial charge is 0.294 e. The van der Waals surface area contributed by atoms with Crippen molar-refractivity contribution in [2.75, 3.05) is 0 Å². The Labute approximate surface area is 180 Å². The minimum atomic E-state index is -0.419. The first-order valence-electron chi connectivity index (χ1n) is 10.3. The highest BCUT2D eigenvalue weighted by Gasteiger charge is 2.36. The third-order valence-electron chi connectivity index (χ3n) is 6.34. The maximum atomic E-state index is 14.6. The molecule has 1 aromatic carbocycles. The van der Waals surface area contributed by atoms with Crippen LogP contribution in [0, 0.1) is 24.6 Å². The van der Waals surface area contributed by atoms with Gasteiger partial charge in [0.05, 0.1) is 6.54 Å². The van der Waals surface area contributed by atoms with Gasteiger partial charge in [-0.25, -0.2) is 13.9 Å². The van der Waals surface area contributed by atoms with Gasteiger partial charge in [0.25, 0.3) is 11.7 Å². The summed E-state index contributed by atoms with van der Waals surface area (Å²) in [5.41, 5.74) is 1.14. The summed E-state index contributed by atoms with van der Waals surface area (Å²) in [5.74, 6) is 0.419. The van der Waals surface area contributed by atoms with Crippen LogP contribution in [0.25, 0.3) is 5.78 Å². The first-order valence-corrected chi connectivity index (χ1v) is 10.7. The van der Waals surface area contributed by atoms with Crippen LogP contribution in [0.4, 0.5) is 4.39 Å². The summed E-state index contributed by atoms with van der Waals surface area (Å²) in [4.78, 5) is 23.8. The van der Waals surface area contributed by atoms with Crippen molar-refractivity contribution in [1.29, 1.82) is 0 Å². The zero-order valence-electron chi connectivity index (χ0n) is 17.3. The number of benzene rings is 1. The summed E-state index contributed by atoms with van der Waals surface area (Å²) in [6.45, 7) is 6.31. The Bertz CT molecular complexity index is 1060. The summed E-state index contributed by atoms with van der Waals surface area (Å²) >= 11 is 6.29. The molecule has 3 unspecified atom stereocenters. The van der Waals surface area contributed by atoms with Crippen LogP contribution in [0.5, 0.6) is 0 Å². The van der Waals surface area contributed by atoms with Gasteiger partial charge in [0.1, 0.15) is 5.82 Å². The van der Waals surface area contributed by atoms with E-state index in [0.29, 0.717) is 22.3 Å². The van der Waals surface area contributed by atoms with Gasteiger partial charge in [-0.3, -0.25) is 4.79 Å². The Morgan fingerprint density at radius 3 is 2.83 bits per heavy atom. The van der Waals surface area contributed by atoms with E-state index in [2.05, 4.69) is 28.9 Å². The molecule has 0 radical (unpaired) electrons. The maximum Gasteiger partial charge on any atom is 0.294 e. The summed E-state index contributed by atoms with van der Waals surface area (Å²) in [6, 6.07) is 6.34. The van der Waals surface area contributed by atoms with E-state index in [1.165, 1.54) is 6.07 Å². The minimum absolute atomic E-state index is 0.0439. The van der Waals surface area contributed by atoms with Crippen molar-refractivity contribution in [1.82, 2.24) is 24.5 Å². The van der Waals surface area contributed by atoms with E-state index in [1.807, 2.05) is 6.92 Å². The number of hydrogen-bond donors (Lipinski definition) is 0. The number of halogens is 2. The van der Waals surface area contributed by atoms with Crippen molar-refractivity contribution in [3.63, 3.8) is 0 Å². The maximum absolute atomic E-state index is 14.6. The van der Waals surface area contributed by atoms with Gasteiger partial charge in [-0.15, -0.1) is 5.10 Å². The Balaban J connectivity index is 1.75. The zero-order chi connectivity index (χ0) is 21.4. The Morgan fingerprint density at radius 2 is 2.10 bits per heavy atom. The third kappa shape index (κ3) is 3.78. The van der Waals surface area contributed by atoms with Crippen molar-refractivity contribution in [2.24, 2.45) is 11.8 Å². The van der Waals surface area contributed by atoms with Crippen LogP contribution in [0.2, 0.25) is 5.02 Å². The number of amides is 1. The molecule has 1 saturated carbocycles. The second-order valence-corrected chi connectivity index (χ2v) is 8.61. The number of aromatic nitrogens is 4. The normalized spacial score (nSPS) is 21.7. The van der Waals surface area contributed by atoms with E-state index in [-0.39, 0.29) is 30.2 Å². The lowest BCUT2D eigenvalue weighted by atomic mass is 9.77. The zero-order valence-corrected chi connectivity index (χ0v) is 18.1. The third-order valence-corrected chi connectivity index (χ3v) is 6.69. The Morgan fingerprint density at radius 1 is 1.30 bits per heavy atom. The molecular weight excluding hydrogens is 405 g/mol. The molecule has 0 saturated heterocycles. The van der Waals surface area contributed by atoms with Gasteiger partial charge >= 0.3 is 0 Å². The predicted molar refractivity (Wildman–Crippen MR) is 113 cm³/mol. The molecule has 4 rings (SSSR count). The minimum Gasteiger partial charge on any atom is -0.328 e. The van der Waals surface area contributed by atoms with Gasteiger partial charge in [-0.2, -0.15) is 4.98 Å². The van der Waals surface area contributed by atoms with Crippen molar-refractivity contribution in [2.45, 2.75) is 52.6 Å². The Kier molecular flexibility index (Phi) is 5.73. The number of nitrogens with zero attached hydrogens (tertiary/aromatic N) is 5. The highest BCUT2D eigenvalue weighted by Crippen LogP contribution is 2.35. The van der Waals surface area contributed by atoms with E-state index >= 15 is 0 Å². The number of fused-ring (bicyclic) bond motifs is 1. The molecule has 6 nitrogen and oxygen atoms in total. The molecule has 8 heteroatoms. The molecule has 0 spiro atoms. The molecule has 3 atom stereocenters. The molecule has 3 aromatic rings. The van der Waals surface area contributed by atoms with Crippen molar-refractivity contribution in [3.8, 4) is 0 Å². The van der Waals surface area contributed by atoms with Crippen LogP contribution in [-0.2, 0) is 6.54 Å². The van der Waals surface area contributed by atoms with Gasteiger partial charge in [-0.05, 0) is 43.4 Å². The van der Waals surface area contributed by atoms with Crippen LogP contribution in [0.1, 0.15) is 55.0 Å². The van der Waals surface area contributed by atoms with E-state index < -0.39 is 5.82 Å². The molecule has 1 aliphatic carbocycles. The number of carbonyl (C=O) groups is 1. The molecule has 1 amide bonds. The molecular formula is C22H25ClFN5O. The fourth-order valence-electron chi connectivity index (χ4n) is 4.31. The molecule has 0 N–H and O–H groups in total. The SMILES string of the molecule is Cc1ccnc2nc(C(=O)N(Cc3c(F)cccc3Cl)C3CCCC(C)C3C)nn12. The van der Waals surface area contributed by atoms with Crippen LogP contribution < -0.4 is 0 Å². The van der Waals surface area contributed by atoms with Gasteiger partial charge in [0.2, 0.25) is 5.82 Å². The van der Waals surface area contributed by atoms with Crippen molar-refractivity contribution >= 4 is 23.3 Å². The summed E-state index contributed by atoms with van der Waals surface area (Å²) < 4.78 is 16.1. The lowest BCUT2D eigenvalue weighted by molar-refractivity contribution is 0.0435. The number of rotatable bonds is 4. The average Bonchev–Trinajstić information content (AvgIpc) is 3.16. The average molecular weight is 430 g/mol. The first kappa shape index (κ1) is 20.7. The van der Waals surface area contributed by atoms with Gasteiger partial charge in [0, 0.05) is 28.5 Å². The summed E-state index contributed by atoms with van der Waals surface area (Å²) in [6.07, 6.45) is 4.63. The van der Waals surface area contributed by atoms with Crippen LogP contribution in [0.15, 0.2) is 30.5 Å². The van der Waals surface area contributed by atoms with Gasteiger partial charge < -0.3 is 4.90 Å². The first-order chi connectivity index (χ1) is 14.4. The molecule has 2 aromatic heterocycles. The molecule has 2 heterocycles. The molecule has 1 aliphatic rings. The number of aryl methyl sites for hydroxylation is 1. The van der Waals surface area contributed by atoms with Crippen LogP contribution in [-0.4, -0.2) is 36.4 Å². The second kappa shape index (κ2) is 8.30. The van der Waals surface area contributed by atoms with E-state index in [1.54, 1.807) is 33.8 Å². The van der Waals surface area contributed by atoms with E-state index in [4.69, 9.17) is 11.6 Å². The topological polar surface area (TPSA) is 63.4 Å². The number of hydrogen-bond acceptors (Lipinski definition) is 4. The Hall–Kier alpha value is -2.54. The standard InChI is InChI=1S/C22H25ClFN5O/c1-13-6-4-9-19(15(13)3)28(12-16-17(23)7-5-8-18(16)24)21(30)20-26-22-25-11-10-14(2)29(22)27-20/h5,7-8,10-11,13,15,19H,4,6,9,12H2,1-3H3. The van der Waals surface area contributed by atoms with Crippen molar-refractivity contribution < 1.29 is 9.18 Å². The largest absolute Gasteiger partial charge is 0.328 e. The molecule has 0 bridgehead atoms. The second-order valence-electron chi connectivity index (χ2n) is 8.20. The summed E-state index contributed by atoms with van der Waals surface area (Å²) in [5, 5.41) is 4.69. The lowest BCUT2D eigenvalue weighted by Gasteiger charge is -2.41. The van der Waals surface area contributed by atoms with Gasteiger partial charge in [0.15, 0.2) is 0 Å². The molecule has 1 fully saturated rings. The number of carbonyl (C=O) groups excluding carboxylic acids is 1. The van der Waals surface area contributed by atoms with Crippen LogP contribution in [0.3, 0.4) is 0 Å². The van der Waals surface area contributed by atoms with Gasteiger partial charge in [-0.1, -0.05) is 44.4 Å². The summed E-state index contributed by atoms with van der Waals surface area (Å²) in [7, 11) is 0. The van der Waals surface area contributed by atoms with E-state index in [9.17, 15) is 9.18 Å². The fraction of sp³-hybridized carbons (Fsp3) is 0.455.